The molecule has 1 unspecified atom stereocenters. The van der Waals surface area contributed by atoms with Gasteiger partial charge in [0.1, 0.15) is 0 Å². The zero-order chi connectivity index (χ0) is 15.8. The van der Waals surface area contributed by atoms with E-state index in [1.807, 2.05) is 13.8 Å². The van der Waals surface area contributed by atoms with Crippen LogP contribution in [0.4, 0.5) is 0 Å². The molecule has 0 aromatic rings. The van der Waals surface area contributed by atoms with E-state index in [-0.39, 0.29) is 36.7 Å². The van der Waals surface area contributed by atoms with E-state index in [9.17, 15) is 14.7 Å². The van der Waals surface area contributed by atoms with Crippen LogP contribution >= 0.6 is 0 Å². The molecule has 0 saturated heterocycles. The number of aliphatic hydroxyl groups is 1. The first-order chi connectivity index (χ1) is 9.91. The first-order valence-corrected chi connectivity index (χ1v) is 7.90. The van der Waals surface area contributed by atoms with Gasteiger partial charge in [0.25, 0.3) is 0 Å². The van der Waals surface area contributed by atoms with E-state index in [2.05, 4.69) is 10.6 Å². The highest BCUT2D eigenvalue weighted by atomic mass is 16.3. The fraction of sp³-hybridized carbons (Fsp3) is 0.867. The molecule has 2 amide bonds. The van der Waals surface area contributed by atoms with E-state index in [4.69, 9.17) is 5.73 Å². The van der Waals surface area contributed by atoms with Gasteiger partial charge in [-0.05, 0) is 24.7 Å². The number of nitrogens with two attached hydrogens (primary N) is 1. The fourth-order valence-electron chi connectivity index (χ4n) is 2.55. The average molecular weight is 299 g/mol. The monoisotopic (exact) mass is 299 g/mol. The Kier molecular flexibility index (Phi) is 7.67. The summed E-state index contributed by atoms with van der Waals surface area (Å²) in [7, 11) is 0. The summed E-state index contributed by atoms with van der Waals surface area (Å²) in [6, 6.07) is -0.606. The molecular weight excluding hydrogens is 270 g/mol. The van der Waals surface area contributed by atoms with Gasteiger partial charge in [0.2, 0.25) is 11.8 Å². The summed E-state index contributed by atoms with van der Waals surface area (Å²) in [4.78, 5) is 23.3. The van der Waals surface area contributed by atoms with E-state index in [1.165, 1.54) is 6.42 Å². The van der Waals surface area contributed by atoms with Gasteiger partial charge in [-0.2, -0.15) is 0 Å². The standard InChI is InChI=1S/C15H29N3O3/c1-10(2)14(16)15(21)18-9-13(20)17-8-12(19)11-6-4-3-5-7-11/h10-12,14,19H,3-9,16H2,1-2H3,(H,17,20)(H,18,21)/t12?,14-/m0/s1. The number of hydrogen-bond donors (Lipinski definition) is 4. The Balaban J connectivity index is 2.20. The van der Waals surface area contributed by atoms with Gasteiger partial charge in [-0.15, -0.1) is 0 Å². The van der Waals surface area contributed by atoms with Crippen LogP contribution in [0.3, 0.4) is 0 Å². The summed E-state index contributed by atoms with van der Waals surface area (Å²) >= 11 is 0. The molecule has 0 heterocycles. The van der Waals surface area contributed by atoms with E-state index in [0.29, 0.717) is 0 Å². The molecule has 6 heteroatoms. The van der Waals surface area contributed by atoms with Gasteiger partial charge >= 0.3 is 0 Å². The summed E-state index contributed by atoms with van der Waals surface area (Å²) in [6.07, 6.45) is 5.09. The molecule has 1 rings (SSSR count). The number of nitrogens with one attached hydrogen (secondary N) is 2. The molecule has 5 N–H and O–H groups in total. The van der Waals surface area contributed by atoms with Crippen molar-refractivity contribution in [3.8, 4) is 0 Å². The Bertz CT molecular complexity index is 341. The highest BCUT2D eigenvalue weighted by Crippen LogP contribution is 2.26. The van der Waals surface area contributed by atoms with Crippen LogP contribution in [-0.2, 0) is 9.59 Å². The number of carbonyl (C=O) groups is 2. The second-order valence-electron chi connectivity index (χ2n) is 6.26. The zero-order valence-corrected chi connectivity index (χ0v) is 13.1. The number of rotatable bonds is 7. The average Bonchev–Trinajstić information content (AvgIpc) is 2.50. The van der Waals surface area contributed by atoms with Gasteiger partial charge in [0.15, 0.2) is 0 Å². The lowest BCUT2D eigenvalue weighted by Gasteiger charge is -2.26. The number of hydrogen-bond acceptors (Lipinski definition) is 4. The van der Waals surface area contributed by atoms with E-state index < -0.39 is 12.1 Å². The molecule has 0 aromatic carbocycles. The van der Waals surface area contributed by atoms with Crippen molar-refractivity contribution in [3.63, 3.8) is 0 Å². The first-order valence-electron chi connectivity index (χ1n) is 7.90. The van der Waals surface area contributed by atoms with Crippen molar-refractivity contribution in [3.05, 3.63) is 0 Å². The van der Waals surface area contributed by atoms with Crippen molar-refractivity contribution >= 4 is 11.8 Å². The van der Waals surface area contributed by atoms with Gasteiger partial charge < -0.3 is 21.5 Å². The lowest BCUT2D eigenvalue weighted by molar-refractivity contribution is -0.127. The topological polar surface area (TPSA) is 104 Å². The highest BCUT2D eigenvalue weighted by molar-refractivity contribution is 5.87. The molecule has 2 atom stereocenters. The van der Waals surface area contributed by atoms with Crippen LogP contribution in [-0.4, -0.2) is 42.2 Å². The van der Waals surface area contributed by atoms with Crippen molar-refractivity contribution in [1.29, 1.82) is 0 Å². The van der Waals surface area contributed by atoms with Crippen LogP contribution in [0.5, 0.6) is 0 Å². The summed E-state index contributed by atoms with van der Waals surface area (Å²) in [5, 5.41) is 15.2. The van der Waals surface area contributed by atoms with Crippen LogP contribution < -0.4 is 16.4 Å². The molecule has 0 aromatic heterocycles. The number of carbonyl (C=O) groups excluding carboxylic acids is 2. The predicted molar refractivity (Wildman–Crippen MR) is 81.4 cm³/mol. The van der Waals surface area contributed by atoms with Crippen LogP contribution in [0, 0.1) is 11.8 Å². The first kappa shape index (κ1) is 17.9. The van der Waals surface area contributed by atoms with Crippen LogP contribution in [0.15, 0.2) is 0 Å². The maximum atomic E-state index is 11.6. The second-order valence-corrected chi connectivity index (χ2v) is 6.26. The summed E-state index contributed by atoms with van der Waals surface area (Å²) < 4.78 is 0. The minimum Gasteiger partial charge on any atom is -0.391 e. The Labute approximate surface area is 126 Å². The molecule has 0 spiro atoms. The van der Waals surface area contributed by atoms with Gasteiger partial charge in [-0.3, -0.25) is 9.59 Å². The van der Waals surface area contributed by atoms with Crippen molar-refractivity contribution in [2.24, 2.45) is 17.6 Å². The predicted octanol–water partition coefficient (Wildman–Crippen LogP) is 0.143. The molecule has 21 heavy (non-hydrogen) atoms. The van der Waals surface area contributed by atoms with Crippen LogP contribution in [0.2, 0.25) is 0 Å². The van der Waals surface area contributed by atoms with Gasteiger partial charge in [-0.25, -0.2) is 0 Å². The molecule has 0 aliphatic heterocycles. The SMILES string of the molecule is CC(C)[C@H](N)C(=O)NCC(=O)NCC(O)C1CCCCC1. The molecule has 0 radical (unpaired) electrons. The molecule has 0 bridgehead atoms. The fourth-order valence-corrected chi connectivity index (χ4v) is 2.55. The maximum absolute atomic E-state index is 11.6. The normalized spacial score (nSPS) is 19.1. The van der Waals surface area contributed by atoms with Crippen molar-refractivity contribution in [2.45, 2.75) is 58.1 Å². The summed E-state index contributed by atoms with van der Waals surface area (Å²) in [5.74, 6) is -0.314. The minimum absolute atomic E-state index is 0.0289. The third kappa shape index (κ3) is 6.44. The third-order valence-corrected chi connectivity index (χ3v) is 4.15. The smallest absolute Gasteiger partial charge is 0.239 e. The Morgan fingerprint density at radius 3 is 2.38 bits per heavy atom. The van der Waals surface area contributed by atoms with E-state index >= 15 is 0 Å². The molecule has 6 nitrogen and oxygen atoms in total. The Morgan fingerprint density at radius 1 is 1.19 bits per heavy atom. The molecule has 1 aliphatic rings. The lowest BCUT2D eigenvalue weighted by atomic mass is 9.85. The van der Waals surface area contributed by atoms with E-state index in [1.54, 1.807) is 0 Å². The molecule has 1 saturated carbocycles. The zero-order valence-electron chi connectivity index (χ0n) is 13.1. The van der Waals surface area contributed by atoms with Crippen molar-refractivity contribution in [1.82, 2.24) is 10.6 Å². The lowest BCUT2D eigenvalue weighted by Crippen LogP contribution is -2.48. The van der Waals surface area contributed by atoms with Crippen LogP contribution in [0.1, 0.15) is 46.0 Å². The quantitative estimate of drug-likeness (QED) is 0.537. The molecule has 1 fully saturated rings. The Hall–Kier alpha value is -1.14. The third-order valence-electron chi connectivity index (χ3n) is 4.15. The second kappa shape index (κ2) is 9.00. The van der Waals surface area contributed by atoms with Gasteiger partial charge in [-0.1, -0.05) is 33.1 Å². The van der Waals surface area contributed by atoms with Gasteiger partial charge in [0.05, 0.1) is 18.7 Å². The van der Waals surface area contributed by atoms with Crippen molar-refractivity contribution in [2.75, 3.05) is 13.1 Å². The molecular formula is C15H29N3O3. The summed E-state index contributed by atoms with van der Waals surface area (Å²) in [6.45, 7) is 3.85. The van der Waals surface area contributed by atoms with E-state index in [0.717, 1.165) is 25.7 Å². The molecule has 122 valence electrons. The molecule has 1 aliphatic carbocycles. The van der Waals surface area contributed by atoms with Crippen LogP contribution in [0.25, 0.3) is 0 Å². The highest BCUT2D eigenvalue weighted by Gasteiger charge is 2.22. The van der Waals surface area contributed by atoms with Crippen molar-refractivity contribution < 1.29 is 14.7 Å². The largest absolute Gasteiger partial charge is 0.391 e. The van der Waals surface area contributed by atoms with Gasteiger partial charge in [0, 0.05) is 6.54 Å². The number of aliphatic hydroxyl groups excluding tert-OH is 1. The number of amides is 2. The Morgan fingerprint density at radius 2 is 1.81 bits per heavy atom. The maximum Gasteiger partial charge on any atom is 0.239 e. The summed E-state index contributed by atoms with van der Waals surface area (Å²) in [5.41, 5.74) is 5.68. The minimum atomic E-state index is -0.606.